The minimum Gasteiger partial charge on any atom is -0.397 e. The molecule has 0 radical (unpaired) electrons. The van der Waals surface area contributed by atoms with Crippen LogP contribution in [0.4, 0.5) is 11.4 Å². The summed E-state index contributed by atoms with van der Waals surface area (Å²) in [5.41, 5.74) is 9.70. The zero-order chi connectivity index (χ0) is 15.1. The van der Waals surface area contributed by atoms with Crippen molar-refractivity contribution in [3.63, 3.8) is 0 Å². The lowest BCUT2D eigenvalue weighted by atomic mass is 9.97. The van der Waals surface area contributed by atoms with Crippen molar-refractivity contribution in [2.45, 2.75) is 39.0 Å². The Bertz CT molecular complexity index is 523. The number of allylic oxidation sites excluding steroid dienone is 1. The quantitative estimate of drug-likeness (QED) is 0.555. The SMILES string of the molecule is CCNC(=O)c1ccc(NCCC2=CCCCC2)c(N)c1. The summed E-state index contributed by atoms with van der Waals surface area (Å²) >= 11 is 0. The molecule has 0 aromatic heterocycles. The third kappa shape index (κ3) is 4.52. The highest BCUT2D eigenvalue weighted by Gasteiger charge is 2.08. The maximum absolute atomic E-state index is 11.7. The predicted octanol–water partition coefficient (Wildman–Crippen LogP) is 3.32. The van der Waals surface area contributed by atoms with Crippen molar-refractivity contribution in [2.24, 2.45) is 0 Å². The van der Waals surface area contributed by atoms with Gasteiger partial charge in [0.25, 0.3) is 5.91 Å². The number of carbonyl (C=O) groups excluding carboxylic acids is 1. The van der Waals surface area contributed by atoms with E-state index in [9.17, 15) is 4.79 Å². The first-order valence-electron chi connectivity index (χ1n) is 7.80. The summed E-state index contributed by atoms with van der Waals surface area (Å²) in [4.78, 5) is 11.7. The van der Waals surface area contributed by atoms with Gasteiger partial charge < -0.3 is 16.4 Å². The fourth-order valence-electron chi connectivity index (χ4n) is 2.62. The minimum atomic E-state index is -0.0805. The van der Waals surface area contributed by atoms with E-state index < -0.39 is 0 Å². The van der Waals surface area contributed by atoms with Crippen molar-refractivity contribution in [1.82, 2.24) is 5.32 Å². The van der Waals surface area contributed by atoms with Gasteiger partial charge in [0, 0.05) is 18.7 Å². The number of benzene rings is 1. The van der Waals surface area contributed by atoms with Gasteiger partial charge >= 0.3 is 0 Å². The van der Waals surface area contributed by atoms with E-state index in [-0.39, 0.29) is 5.91 Å². The Morgan fingerprint density at radius 3 is 2.86 bits per heavy atom. The third-order valence-electron chi connectivity index (χ3n) is 3.80. The molecule has 1 aromatic carbocycles. The van der Waals surface area contributed by atoms with Crippen LogP contribution in [0.1, 0.15) is 49.4 Å². The standard InChI is InChI=1S/C17H25N3O/c1-2-19-17(21)14-8-9-16(15(18)12-14)20-11-10-13-6-4-3-5-7-13/h6,8-9,12,20H,2-5,7,10-11,18H2,1H3,(H,19,21). The fraction of sp³-hybridized carbons (Fsp3) is 0.471. The Balaban J connectivity index is 1.88. The van der Waals surface area contributed by atoms with Crippen LogP contribution in [-0.2, 0) is 0 Å². The Kier molecular flexibility index (Phi) is 5.67. The molecular formula is C17H25N3O. The molecule has 2 rings (SSSR count). The number of hydrogen-bond donors (Lipinski definition) is 3. The molecule has 0 atom stereocenters. The highest BCUT2D eigenvalue weighted by atomic mass is 16.1. The Hall–Kier alpha value is -1.97. The van der Waals surface area contributed by atoms with Crippen molar-refractivity contribution >= 4 is 17.3 Å². The molecule has 0 aliphatic heterocycles. The second kappa shape index (κ2) is 7.72. The summed E-state index contributed by atoms with van der Waals surface area (Å²) in [5, 5.41) is 6.13. The number of nitrogens with one attached hydrogen (secondary N) is 2. The normalized spacial score (nSPS) is 14.4. The van der Waals surface area contributed by atoms with Crippen molar-refractivity contribution in [3.8, 4) is 0 Å². The lowest BCUT2D eigenvalue weighted by Gasteiger charge is -2.14. The second-order valence-electron chi connectivity index (χ2n) is 5.45. The van der Waals surface area contributed by atoms with E-state index in [1.54, 1.807) is 11.6 Å². The van der Waals surface area contributed by atoms with Crippen molar-refractivity contribution in [1.29, 1.82) is 0 Å². The molecule has 0 unspecified atom stereocenters. The third-order valence-corrected chi connectivity index (χ3v) is 3.80. The molecule has 1 aromatic rings. The van der Waals surface area contributed by atoms with Gasteiger partial charge in [-0.3, -0.25) is 4.79 Å². The zero-order valence-electron chi connectivity index (χ0n) is 12.7. The van der Waals surface area contributed by atoms with Crippen LogP contribution in [0.5, 0.6) is 0 Å². The van der Waals surface area contributed by atoms with Crippen LogP contribution in [0.25, 0.3) is 0 Å². The molecule has 0 heterocycles. The largest absolute Gasteiger partial charge is 0.397 e. The maximum Gasteiger partial charge on any atom is 0.251 e. The molecular weight excluding hydrogens is 262 g/mol. The smallest absolute Gasteiger partial charge is 0.251 e. The van der Waals surface area contributed by atoms with Crippen LogP contribution in [-0.4, -0.2) is 19.0 Å². The number of anilines is 2. The first-order valence-corrected chi connectivity index (χ1v) is 7.80. The van der Waals surface area contributed by atoms with Gasteiger partial charge in [0.15, 0.2) is 0 Å². The molecule has 0 saturated heterocycles. The lowest BCUT2D eigenvalue weighted by molar-refractivity contribution is 0.0956. The number of carbonyl (C=O) groups is 1. The second-order valence-corrected chi connectivity index (χ2v) is 5.45. The van der Waals surface area contributed by atoms with E-state index in [1.165, 1.54) is 25.7 Å². The number of amides is 1. The lowest BCUT2D eigenvalue weighted by Crippen LogP contribution is -2.22. The highest BCUT2D eigenvalue weighted by Crippen LogP contribution is 2.22. The van der Waals surface area contributed by atoms with Crippen LogP contribution in [0, 0.1) is 0 Å². The highest BCUT2D eigenvalue weighted by molar-refractivity contribution is 5.96. The monoisotopic (exact) mass is 287 g/mol. The van der Waals surface area contributed by atoms with Gasteiger partial charge in [-0.2, -0.15) is 0 Å². The minimum absolute atomic E-state index is 0.0805. The molecule has 4 nitrogen and oxygen atoms in total. The van der Waals surface area contributed by atoms with Gasteiger partial charge in [0.05, 0.1) is 11.4 Å². The Morgan fingerprint density at radius 1 is 1.33 bits per heavy atom. The number of nitrogens with two attached hydrogens (primary N) is 1. The first-order chi connectivity index (χ1) is 10.2. The molecule has 0 saturated carbocycles. The molecule has 0 bridgehead atoms. The van der Waals surface area contributed by atoms with Crippen molar-refractivity contribution in [3.05, 3.63) is 35.4 Å². The van der Waals surface area contributed by atoms with Crippen LogP contribution < -0.4 is 16.4 Å². The van der Waals surface area contributed by atoms with E-state index >= 15 is 0 Å². The topological polar surface area (TPSA) is 67.2 Å². The molecule has 21 heavy (non-hydrogen) atoms. The summed E-state index contributed by atoms with van der Waals surface area (Å²) in [6.07, 6.45) is 8.52. The van der Waals surface area contributed by atoms with E-state index in [0.29, 0.717) is 17.8 Å². The first kappa shape index (κ1) is 15.4. The fourth-order valence-corrected chi connectivity index (χ4v) is 2.62. The number of hydrogen-bond acceptors (Lipinski definition) is 3. The molecule has 1 aliphatic carbocycles. The van der Waals surface area contributed by atoms with Crippen LogP contribution >= 0.6 is 0 Å². The van der Waals surface area contributed by atoms with Gasteiger partial charge in [-0.25, -0.2) is 0 Å². The van der Waals surface area contributed by atoms with Crippen LogP contribution in [0.3, 0.4) is 0 Å². The van der Waals surface area contributed by atoms with Crippen molar-refractivity contribution < 1.29 is 4.79 Å². The predicted molar refractivity (Wildman–Crippen MR) is 88.5 cm³/mol. The maximum atomic E-state index is 11.7. The van der Waals surface area contributed by atoms with Crippen molar-refractivity contribution in [2.75, 3.05) is 24.1 Å². The molecule has 1 aliphatic rings. The number of rotatable bonds is 6. The molecule has 4 heteroatoms. The molecule has 0 fully saturated rings. The molecule has 1 amide bonds. The van der Waals surface area contributed by atoms with Gasteiger partial charge in [0.2, 0.25) is 0 Å². The number of nitrogen functional groups attached to an aromatic ring is 1. The Morgan fingerprint density at radius 2 is 2.19 bits per heavy atom. The van der Waals surface area contributed by atoms with E-state index in [0.717, 1.165) is 18.7 Å². The summed E-state index contributed by atoms with van der Waals surface area (Å²) in [7, 11) is 0. The Labute approximate surface area is 126 Å². The van der Waals surface area contributed by atoms with Gasteiger partial charge in [-0.1, -0.05) is 11.6 Å². The van der Waals surface area contributed by atoms with Crippen LogP contribution in [0.15, 0.2) is 29.8 Å². The van der Waals surface area contributed by atoms with E-state index in [2.05, 4.69) is 16.7 Å². The molecule has 0 spiro atoms. The summed E-state index contributed by atoms with van der Waals surface area (Å²) in [6, 6.07) is 5.42. The van der Waals surface area contributed by atoms with E-state index in [1.807, 2.05) is 19.1 Å². The summed E-state index contributed by atoms with van der Waals surface area (Å²) in [6.45, 7) is 3.40. The van der Waals surface area contributed by atoms with Crippen LogP contribution in [0.2, 0.25) is 0 Å². The average Bonchev–Trinajstić information content (AvgIpc) is 2.50. The summed E-state index contributed by atoms with van der Waals surface area (Å²) in [5.74, 6) is -0.0805. The summed E-state index contributed by atoms with van der Waals surface area (Å²) < 4.78 is 0. The zero-order valence-corrected chi connectivity index (χ0v) is 12.7. The van der Waals surface area contributed by atoms with Gasteiger partial charge in [0.1, 0.15) is 0 Å². The van der Waals surface area contributed by atoms with Gasteiger partial charge in [-0.05, 0) is 57.2 Å². The molecule has 114 valence electrons. The van der Waals surface area contributed by atoms with Gasteiger partial charge in [-0.15, -0.1) is 0 Å². The molecule has 4 N–H and O–H groups in total. The van der Waals surface area contributed by atoms with E-state index in [4.69, 9.17) is 5.73 Å². The average molecular weight is 287 g/mol.